The number of ether oxygens (including phenoxy) is 1. The second-order valence-electron chi connectivity index (χ2n) is 6.25. The molecule has 22 heavy (non-hydrogen) atoms. The summed E-state index contributed by atoms with van der Waals surface area (Å²) in [6, 6.07) is 6.89. The highest BCUT2D eigenvalue weighted by Crippen LogP contribution is 2.16. The Hall–Kier alpha value is -2.48. The molecule has 1 N–H and O–H groups in total. The molecule has 5 nitrogen and oxygen atoms in total. The first-order valence-corrected chi connectivity index (χ1v) is 7.14. The van der Waals surface area contributed by atoms with Crippen LogP contribution in [0, 0.1) is 12.3 Å². The first-order chi connectivity index (χ1) is 10.3. The van der Waals surface area contributed by atoms with E-state index in [0.29, 0.717) is 24.2 Å². The minimum Gasteiger partial charge on any atom is -0.444 e. The maximum Gasteiger partial charge on any atom is 0.410 e. The Labute approximate surface area is 130 Å². The molecule has 1 aromatic rings. The minimum atomic E-state index is -0.517. The number of carbonyl (C=O) groups excluding carboxylic acids is 2. The average Bonchev–Trinajstić information content (AvgIpc) is 2.39. The molecule has 0 aromatic heterocycles. The highest BCUT2D eigenvalue weighted by atomic mass is 16.6. The van der Waals surface area contributed by atoms with Crippen LogP contribution in [0.1, 0.15) is 36.7 Å². The van der Waals surface area contributed by atoms with Crippen LogP contribution in [0.3, 0.4) is 0 Å². The van der Waals surface area contributed by atoms with E-state index >= 15 is 0 Å². The third-order valence-corrected chi connectivity index (χ3v) is 3.20. The second-order valence-corrected chi connectivity index (χ2v) is 6.25. The number of nitrogens with zero attached hydrogens (tertiary/aromatic N) is 1. The Morgan fingerprint density at radius 2 is 1.95 bits per heavy atom. The van der Waals surface area contributed by atoms with Gasteiger partial charge in [0.2, 0.25) is 0 Å². The van der Waals surface area contributed by atoms with E-state index in [4.69, 9.17) is 11.2 Å². The van der Waals surface area contributed by atoms with Crippen molar-refractivity contribution in [3.8, 4) is 12.3 Å². The van der Waals surface area contributed by atoms with Gasteiger partial charge in [-0.25, -0.2) is 4.79 Å². The summed E-state index contributed by atoms with van der Waals surface area (Å²) in [6.07, 6.45) is 5.03. The molecule has 1 saturated heterocycles. The lowest BCUT2D eigenvalue weighted by atomic mass is 10.1. The molecule has 0 spiro atoms. The van der Waals surface area contributed by atoms with Crippen LogP contribution < -0.4 is 5.32 Å². The largest absolute Gasteiger partial charge is 0.444 e. The SMILES string of the molecule is C#Cc1ccccc1C(=O)NC1CN(C(=O)OC(C)(C)C)C1. The quantitative estimate of drug-likeness (QED) is 0.850. The average molecular weight is 300 g/mol. The molecule has 1 fully saturated rings. The molecule has 0 aliphatic carbocycles. The third kappa shape index (κ3) is 3.79. The lowest BCUT2D eigenvalue weighted by Crippen LogP contribution is -2.61. The third-order valence-electron chi connectivity index (χ3n) is 3.20. The number of nitrogens with one attached hydrogen (secondary N) is 1. The van der Waals surface area contributed by atoms with Gasteiger partial charge in [0.05, 0.1) is 11.6 Å². The second kappa shape index (κ2) is 6.10. The fourth-order valence-electron chi connectivity index (χ4n) is 2.12. The van der Waals surface area contributed by atoms with Gasteiger partial charge in [0.15, 0.2) is 0 Å². The molecule has 1 aliphatic rings. The van der Waals surface area contributed by atoms with Crippen molar-refractivity contribution < 1.29 is 14.3 Å². The molecule has 0 saturated carbocycles. The number of hydrogen-bond donors (Lipinski definition) is 1. The molecule has 1 aromatic carbocycles. The molecular weight excluding hydrogens is 280 g/mol. The zero-order valence-electron chi connectivity index (χ0n) is 13.1. The van der Waals surface area contributed by atoms with Gasteiger partial charge in [0.1, 0.15) is 5.60 Å². The maximum atomic E-state index is 12.2. The predicted molar refractivity (Wildman–Crippen MR) is 83.4 cm³/mol. The van der Waals surface area contributed by atoms with Gasteiger partial charge in [0.25, 0.3) is 5.91 Å². The van der Waals surface area contributed by atoms with Gasteiger partial charge < -0.3 is 15.0 Å². The van der Waals surface area contributed by atoms with Gasteiger partial charge >= 0.3 is 6.09 Å². The molecule has 5 heteroatoms. The molecule has 2 rings (SSSR count). The fourth-order valence-corrected chi connectivity index (χ4v) is 2.12. The summed E-state index contributed by atoms with van der Waals surface area (Å²) in [5.41, 5.74) is 0.515. The van der Waals surface area contributed by atoms with Crippen LogP contribution in [-0.2, 0) is 4.74 Å². The van der Waals surface area contributed by atoms with E-state index in [2.05, 4.69) is 11.2 Å². The van der Waals surface area contributed by atoms with Crippen LogP contribution in [0.5, 0.6) is 0 Å². The lowest BCUT2D eigenvalue weighted by Gasteiger charge is -2.40. The summed E-state index contributed by atoms with van der Waals surface area (Å²) in [6.45, 7) is 6.35. The summed E-state index contributed by atoms with van der Waals surface area (Å²) in [4.78, 5) is 25.6. The highest BCUT2D eigenvalue weighted by molar-refractivity contribution is 5.97. The van der Waals surface area contributed by atoms with Crippen LogP contribution in [-0.4, -0.2) is 41.6 Å². The van der Waals surface area contributed by atoms with Crippen LogP contribution in [0.25, 0.3) is 0 Å². The van der Waals surface area contributed by atoms with Crippen LogP contribution in [0.4, 0.5) is 4.79 Å². The Bertz CT molecular complexity index is 620. The van der Waals surface area contributed by atoms with Crippen molar-refractivity contribution in [2.75, 3.05) is 13.1 Å². The van der Waals surface area contributed by atoms with E-state index in [9.17, 15) is 9.59 Å². The Balaban J connectivity index is 1.87. The molecule has 116 valence electrons. The smallest absolute Gasteiger partial charge is 0.410 e. The zero-order valence-corrected chi connectivity index (χ0v) is 13.1. The normalized spacial score (nSPS) is 14.7. The molecule has 0 radical (unpaired) electrons. The molecule has 1 heterocycles. The molecule has 0 atom stereocenters. The molecular formula is C17H20N2O3. The zero-order chi connectivity index (χ0) is 16.3. The topological polar surface area (TPSA) is 58.6 Å². The minimum absolute atomic E-state index is 0.0779. The summed E-state index contributed by atoms with van der Waals surface area (Å²) >= 11 is 0. The first-order valence-electron chi connectivity index (χ1n) is 7.14. The van der Waals surface area contributed by atoms with Crippen LogP contribution in [0.2, 0.25) is 0 Å². The molecule has 1 aliphatic heterocycles. The van der Waals surface area contributed by atoms with Crippen molar-refractivity contribution >= 4 is 12.0 Å². The molecule has 2 amide bonds. The van der Waals surface area contributed by atoms with E-state index in [1.807, 2.05) is 20.8 Å². The summed E-state index contributed by atoms with van der Waals surface area (Å²) in [7, 11) is 0. The van der Waals surface area contributed by atoms with Gasteiger partial charge in [0, 0.05) is 18.7 Å². The summed E-state index contributed by atoms with van der Waals surface area (Å²) in [5, 5.41) is 2.87. The van der Waals surface area contributed by atoms with Crippen LogP contribution >= 0.6 is 0 Å². The van der Waals surface area contributed by atoms with Crippen molar-refractivity contribution in [3.63, 3.8) is 0 Å². The van der Waals surface area contributed by atoms with E-state index < -0.39 is 5.60 Å². The number of hydrogen-bond acceptors (Lipinski definition) is 3. The monoisotopic (exact) mass is 300 g/mol. The van der Waals surface area contributed by atoms with Crippen molar-refractivity contribution in [1.29, 1.82) is 0 Å². The van der Waals surface area contributed by atoms with Crippen molar-refractivity contribution in [1.82, 2.24) is 10.2 Å². The van der Waals surface area contributed by atoms with Gasteiger partial charge in [-0.05, 0) is 32.9 Å². The van der Waals surface area contributed by atoms with E-state index in [0.717, 1.165) is 0 Å². The van der Waals surface area contributed by atoms with E-state index in [1.54, 1.807) is 29.2 Å². The van der Waals surface area contributed by atoms with Gasteiger partial charge in [-0.2, -0.15) is 0 Å². The summed E-state index contributed by atoms with van der Waals surface area (Å²) in [5.74, 6) is 2.27. The molecule has 0 unspecified atom stereocenters. The van der Waals surface area contributed by atoms with Gasteiger partial charge in [-0.1, -0.05) is 18.1 Å². The van der Waals surface area contributed by atoms with Crippen LogP contribution in [0.15, 0.2) is 24.3 Å². The van der Waals surface area contributed by atoms with Gasteiger partial charge in [-0.3, -0.25) is 4.79 Å². The number of terminal acetylenes is 1. The first kappa shape index (κ1) is 15.9. The number of benzene rings is 1. The predicted octanol–water partition coefficient (Wildman–Crippen LogP) is 2.02. The maximum absolute atomic E-state index is 12.2. The van der Waals surface area contributed by atoms with E-state index in [-0.39, 0.29) is 18.0 Å². The Morgan fingerprint density at radius 3 is 2.55 bits per heavy atom. The Morgan fingerprint density at radius 1 is 1.32 bits per heavy atom. The fraction of sp³-hybridized carbons (Fsp3) is 0.412. The highest BCUT2D eigenvalue weighted by Gasteiger charge is 2.34. The number of rotatable bonds is 2. The summed E-state index contributed by atoms with van der Waals surface area (Å²) < 4.78 is 5.26. The Kier molecular flexibility index (Phi) is 4.41. The van der Waals surface area contributed by atoms with Crippen molar-refractivity contribution in [3.05, 3.63) is 35.4 Å². The van der Waals surface area contributed by atoms with Gasteiger partial charge in [-0.15, -0.1) is 6.42 Å². The van der Waals surface area contributed by atoms with Crippen molar-refractivity contribution in [2.45, 2.75) is 32.4 Å². The van der Waals surface area contributed by atoms with Crippen molar-refractivity contribution in [2.24, 2.45) is 0 Å². The number of carbonyl (C=O) groups is 2. The number of amides is 2. The van der Waals surface area contributed by atoms with E-state index in [1.165, 1.54) is 0 Å². The standard InChI is InChI=1S/C17H20N2O3/c1-5-12-8-6-7-9-14(12)15(20)18-13-10-19(11-13)16(21)22-17(2,3)4/h1,6-9,13H,10-11H2,2-4H3,(H,18,20). The lowest BCUT2D eigenvalue weighted by molar-refractivity contribution is 0.00533. The molecule has 0 bridgehead atoms. The number of likely N-dealkylation sites (tertiary alicyclic amines) is 1.